The predicted octanol–water partition coefficient (Wildman–Crippen LogP) is 7.57. The van der Waals surface area contributed by atoms with E-state index >= 15 is 0 Å². The molecule has 0 heterocycles. The minimum Gasteiger partial charge on any atom is -0.544 e. The zero-order chi connectivity index (χ0) is 35.0. The number of ether oxygens (including phenoxy) is 3. The third kappa shape index (κ3) is 29.2. The molecule has 8 nitrogen and oxygen atoms in total. The van der Waals surface area contributed by atoms with Crippen molar-refractivity contribution in [2.24, 2.45) is 0 Å². The molecule has 0 N–H and O–H groups in total. The highest BCUT2D eigenvalue weighted by atomic mass is 16.6. The van der Waals surface area contributed by atoms with Crippen LogP contribution >= 0.6 is 0 Å². The van der Waals surface area contributed by atoms with Gasteiger partial charge in [0, 0.05) is 19.3 Å². The molecule has 270 valence electrons. The molecule has 2 atom stereocenters. The molecule has 0 spiro atoms. The van der Waals surface area contributed by atoms with Gasteiger partial charge in [-0.15, -0.1) is 0 Å². The van der Waals surface area contributed by atoms with Crippen molar-refractivity contribution < 1.29 is 38.2 Å². The van der Waals surface area contributed by atoms with Gasteiger partial charge in [0.25, 0.3) is 0 Å². The van der Waals surface area contributed by atoms with Crippen molar-refractivity contribution in [1.29, 1.82) is 0 Å². The smallest absolute Gasteiger partial charge is 0.306 e. The van der Waals surface area contributed by atoms with E-state index in [1.165, 1.54) is 12.8 Å². The van der Waals surface area contributed by atoms with Gasteiger partial charge in [-0.2, -0.15) is 0 Å². The second-order valence-corrected chi connectivity index (χ2v) is 13.1. The number of hydrogen-bond acceptors (Lipinski definition) is 7. The van der Waals surface area contributed by atoms with E-state index in [9.17, 15) is 19.5 Å². The molecule has 0 aromatic carbocycles. The second kappa shape index (κ2) is 30.6. The van der Waals surface area contributed by atoms with Gasteiger partial charge in [-0.25, -0.2) is 0 Å². The maximum atomic E-state index is 12.6. The highest BCUT2D eigenvalue weighted by Gasteiger charge is 2.25. The molecule has 0 bridgehead atoms. The standard InChI is InChI=1S/C39H67NO7/c1-6-8-10-12-14-16-18-20-21-23-25-27-29-37(41)46-34-35(33-45-32-31-36(39(43)44)40(3,4)5)47-38(42)30-28-26-24-22-19-17-15-13-11-9-7-2/h8,10,13-16,20-21,35-36H,6-7,9,11-12,17-19,22-34H2,1-5H3/b10-8+,15-13+,16-14+,21-20+. The first-order chi connectivity index (χ1) is 22.6. The van der Waals surface area contributed by atoms with Crippen LogP contribution in [0, 0.1) is 0 Å². The third-order valence-electron chi connectivity index (χ3n) is 7.70. The highest BCUT2D eigenvalue weighted by molar-refractivity contribution is 5.70. The summed E-state index contributed by atoms with van der Waals surface area (Å²) in [7, 11) is 5.37. The van der Waals surface area contributed by atoms with Crippen molar-refractivity contribution in [3.63, 3.8) is 0 Å². The van der Waals surface area contributed by atoms with E-state index in [1.54, 1.807) is 21.1 Å². The molecule has 0 saturated carbocycles. The van der Waals surface area contributed by atoms with Crippen LogP contribution in [0.2, 0.25) is 0 Å². The fraction of sp³-hybridized carbons (Fsp3) is 0.718. The van der Waals surface area contributed by atoms with Gasteiger partial charge >= 0.3 is 11.9 Å². The Morgan fingerprint density at radius 2 is 1.19 bits per heavy atom. The number of carboxylic acid groups (broad SMARTS) is 1. The van der Waals surface area contributed by atoms with Gasteiger partial charge in [-0.3, -0.25) is 9.59 Å². The molecule has 0 aromatic heterocycles. The number of aliphatic carboxylic acids is 1. The Balaban J connectivity index is 4.54. The van der Waals surface area contributed by atoms with E-state index < -0.39 is 18.1 Å². The number of unbranched alkanes of at least 4 members (excludes halogenated alkanes) is 9. The van der Waals surface area contributed by atoms with Crippen molar-refractivity contribution >= 4 is 17.9 Å². The van der Waals surface area contributed by atoms with E-state index in [1.807, 2.05) is 0 Å². The van der Waals surface area contributed by atoms with Gasteiger partial charge in [0.05, 0.1) is 40.3 Å². The Bertz CT molecular complexity index is 917. The van der Waals surface area contributed by atoms with Gasteiger partial charge in [0.1, 0.15) is 12.6 Å². The number of allylic oxidation sites excluding steroid dienone is 8. The summed E-state index contributed by atoms with van der Waals surface area (Å²) in [5, 5.41) is 11.6. The maximum Gasteiger partial charge on any atom is 0.306 e. The Labute approximate surface area is 286 Å². The summed E-state index contributed by atoms with van der Waals surface area (Å²) in [6.07, 6.45) is 32.8. The normalized spacial score (nSPS) is 13.6. The van der Waals surface area contributed by atoms with Gasteiger partial charge in [0.15, 0.2) is 6.10 Å². The Morgan fingerprint density at radius 1 is 0.660 bits per heavy atom. The number of nitrogens with zero attached hydrogens (tertiary/aromatic N) is 1. The molecular formula is C39H67NO7. The summed E-state index contributed by atoms with van der Waals surface area (Å²) in [5.41, 5.74) is 0. The van der Waals surface area contributed by atoms with Crippen molar-refractivity contribution in [3.05, 3.63) is 48.6 Å². The average Bonchev–Trinajstić information content (AvgIpc) is 3.01. The number of likely N-dealkylation sites (N-methyl/N-ethyl adjacent to an activating group) is 1. The molecule has 0 aliphatic rings. The fourth-order valence-corrected chi connectivity index (χ4v) is 4.83. The number of carboxylic acids is 1. The van der Waals surface area contributed by atoms with Gasteiger partial charge in [-0.1, -0.05) is 94.6 Å². The lowest BCUT2D eigenvalue weighted by Gasteiger charge is -2.34. The van der Waals surface area contributed by atoms with E-state index in [0.717, 1.165) is 77.0 Å². The summed E-state index contributed by atoms with van der Waals surface area (Å²) in [4.78, 5) is 36.5. The molecule has 0 aliphatic heterocycles. The lowest BCUT2D eigenvalue weighted by atomic mass is 10.1. The van der Waals surface area contributed by atoms with Gasteiger partial charge < -0.3 is 28.6 Å². The molecule has 0 saturated heterocycles. The van der Waals surface area contributed by atoms with Crippen molar-refractivity contribution in [2.45, 2.75) is 142 Å². The largest absolute Gasteiger partial charge is 0.544 e. The second-order valence-electron chi connectivity index (χ2n) is 13.1. The van der Waals surface area contributed by atoms with E-state index in [2.05, 4.69) is 62.5 Å². The topological polar surface area (TPSA) is 102 Å². The minimum absolute atomic E-state index is 0.0236. The van der Waals surface area contributed by atoms with Crippen LogP contribution in [-0.2, 0) is 28.6 Å². The number of carbonyl (C=O) groups is 3. The Kier molecular flexibility index (Phi) is 28.8. The zero-order valence-electron chi connectivity index (χ0n) is 30.4. The number of quaternary nitrogens is 1. The molecule has 47 heavy (non-hydrogen) atoms. The number of rotatable bonds is 31. The monoisotopic (exact) mass is 661 g/mol. The van der Waals surface area contributed by atoms with Gasteiger partial charge in [-0.05, 0) is 64.2 Å². The van der Waals surface area contributed by atoms with Crippen molar-refractivity contribution in [2.75, 3.05) is 41.0 Å². The maximum absolute atomic E-state index is 12.6. The van der Waals surface area contributed by atoms with Crippen molar-refractivity contribution in [1.82, 2.24) is 0 Å². The van der Waals surface area contributed by atoms with Crippen molar-refractivity contribution in [3.8, 4) is 0 Å². The number of esters is 2. The van der Waals surface area contributed by atoms with E-state index in [4.69, 9.17) is 14.2 Å². The fourth-order valence-electron chi connectivity index (χ4n) is 4.83. The minimum atomic E-state index is -1.13. The van der Waals surface area contributed by atoms with Crippen LogP contribution in [-0.4, -0.2) is 75.5 Å². The molecule has 0 amide bonds. The molecular weight excluding hydrogens is 594 g/mol. The molecule has 0 rings (SSSR count). The lowest BCUT2D eigenvalue weighted by Crippen LogP contribution is -2.55. The summed E-state index contributed by atoms with van der Waals surface area (Å²) in [6, 6.07) is -0.731. The summed E-state index contributed by atoms with van der Waals surface area (Å²) in [5.74, 6) is -1.81. The third-order valence-corrected chi connectivity index (χ3v) is 7.70. The van der Waals surface area contributed by atoms with Crippen LogP contribution < -0.4 is 5.11 Å². The molecule has 0 aromatic rings. The Hall–Kier alpha value is -2.71. The highest BCUT2D eigenvalue weighted by Crippen LogP contribution is 2.12. The van der Waals surface area contributed by atoms with Crippen LogP contribution in [0.15, 0.2) is 48.6 Å². The molecule has 0 fully saturated rings. The zero-order valence-corrected chi connectivity index (χ0v) is 30.4. The van der Waals surface area contributed by atoms with E-state index in [-0.39, 0.29) is 42.7 Å². The molecule has 0 radical (unpaired) electrons. The summed E-state index contributed by atoms with van der Waals surface area (Å²) >= 11 is 0. The van der Waals surface area contributed by atoms with Crippen LogP contribution in [0.1, 0.15) is 129 Å². The Morgan fingerprint density at radius 3 is 1.83 bits per heavy atom. The number of hydrogen-bond donors (Lipinski definition) is 0. The van der Waals surface area contributed by atoms with Crippen LogP contribution in [0.5, 0.6) is 0 Å². The SMILES string of the molecule is CC/C=C/C/C=C/C/C=C/CCCCC(=O)OCC(COCCC(C(=O)[O-])[N+](C)(C)C)OC(=O)CCCCCCC/C=C/CCCC. The molecule has 2 unspecified atom stereocenters. The first kappa shape index (κ1) is 44.3. The quantitative estimate of drug-likeness (QED) is 0.0327. The average molecular weight is 662 g/mol. The van der Waals surface area contributed by atoms with Crippen LogP contribution in [0.25, 0.3) is 0 Å². The summed E-state index contributed by atoms with van der Waals surface area (Å²) < 4.78 is 17.0. The predicted molar refractivity (Wildman–Crippen MR) is 189 cm³/mol. The molecule has 0 aliphatic carbocycles. The van der Waals surface area contributed by atoms with Crippen LogP contribution in [0.4, 0.5) is 0 Å². The van der Waals surface area contributed by atoms with E-state index in [0.29, 0.717) is 19.3 Å². The first-order valence-electron chi connectivity index (χ1n) is 18.2. The molecule has 8 heteroatoms. The van der Waals surface area contributed by atoms with Crippen LogP contribution in [0.3, 0.4) is 0 Å². The first-order valence-corrected chi connectivity index (χ1v) is 18.2. The number of carbonyl (C=O) groups excluding carboxylic acids is 3. The van der Waals surface area contributed by atoms with Gasteiger partial charge in [0.2, 0.25) is 0 Å². The summed E-state index contributed by atoms with van der Waals surface area (Å²) in [6.45, 7) is 4.42. The lowest BCUT2D eigenvalue weighted by molar-refractivity contribution is -0.889.